The molecule has 2 nitrogen and oxygen atoms in total. The zero-order valence-electron chi connectivity index (χ0n) is 8.64. The Bertz CT molecular complexity index is 132. The van der Waals surface area contributed by atoms with Gasteiger partial charge >= 0.3 is 0 Å². The molecule has 0 heterocycles. The third-order valence-electron chi connectivity index (χ3n) is 1.95. The summed E-state index contributed by atoms with van der Waals surface area (Å²) in [6.45, 7) is 11.0. The van der Waals surface area contributed by atoms with Crippen molar-refractivity contribution < 1.29 is 0 Å². The summed E-state index contributed by atoms with van der Waals surface area (Å²) in [6.07, 6.45) is 1.18. The summed E-state index contributed by atoms with van der Waals surface area (Å²) >= 11 is 0. The van der Waals surface area contributed by atoms with Crippen molar-refractivity contribution in [3.8, 4) is 0 Å². The third-order valence-corrected chi connectivity index (χ3v) is 1.95. The van der Waals surface area contributed by atoms with Gasteiger partial charge in [-0.15, -0.1) is 0 Å². The molecule has 12 heavy (non-hydrogen) atoms. The number of nitrogens with two attached hydrogens (primary N) is 1. The van der Waals surface area contributed by atoms with Crippen LogP contribution in [0.2, 0.25) is 0 Å². The van der Waals surface area contributed by atoms with Gasteiger partial charge in [-0.25, -0.2) is 0 Å². The fraction of sp³-hybridized carbons (Fsp3) is 0.800. The number of hydrogen-bond donors (Lipinski definition) is 1. The summed E-state index contributed by atoms with van der Waals surface area (Å²) in [7, 11) is 2.12. The molecular formula is C10H22N2. The van der Waals surface area contributed by atoms with Crippen LogP contribution in [0.3, 0.4) is 0 Å². The summed E-state index contributed by atoms with van der Waals surface area (Å²) in [6, 6.07) is 0. The van der Waals surface area contributed by atoms with Crippen LogP contribution in [0.4, 0.5) is 0 Å². The van der Waals surface area contributed by atoms with E-state index in [1.807, 2.05) is 0 Å². The molecule has 0 aromatic rings. The molecule has 0 fully saturated rings. The van der Waals surface area contributed by atoms with Gasteiger partial charge in [0.1, 0.15) is 0 Å². The van der Waals surface area contributed by atoms with E-state index in [4.69, 9.17) is 5.73 Å². The predicted molar refractivity (Wildman–Crippen MR) is 55.1 cm³/mol. The normalized spacial score (nSPS) is 13.4. The van der Waals surface area contributed by atoms with Crippen LogP contribution in [-0.4, -0.2) is 31.6 Å². The van der Waals surface area contributed by atoms with E-state index in [0.29, 0.717) is 5.92 Å². The Kier molecular flexibility index (Phi) is 6.03. The maximum absolute atomic E-state index is 5.52. The van der Waals surface area contributed by atoms with Gasteiger partial charge in [-0.2, -0.15) is 0 Å². The number of rotatable bonds is 6. The van der Waals surface area contributed by atoms with Crippen LogP contribution in [-0.2, 0) is 0 Å². The summed E-state index contributed by atoms with van der Waals surface area (Å²) in [5, 5.41) is 0. The quantitative estimate of drug-likeness (QED) is 0.612. The maximum atomic E-state index is 5.52. The van der Waals surface area contributed by atoms with E-state index >= 15 is 0 Å². The molecule has 0 aromatic carbocycles. The minimum Gasteiger partial charge on any atom is -0.330 e. The Labute approximate surface area is 76.4 Å². The van der Waals surface area contributed by atoms with Gasteiger partial charge in [0, 0.05) is 6.54 Å². The Morgan fingerprint density at radius 2 is 2.17 bits per heavy atom. The molecule has 72 valence electrons. The minimum absolute atomic E-state index is 0.637. The highest BCUT2D eigenvalue weighted by Gasteiger charge is 2.02. The van der Waals surface area contributed by atoms with Gasteiger partial charge in [0.2, 0.25) is 0 Å². The van der Waals surface area contributed by atoms with Gasteiger partial charge in [0.05, 0.1) is 0 Å². The smallest absolute Gasteiger partial charge is 0.0184 e. The second kappa shape index (κ2) is 6.21. The Morgan fingerprint density at radius 1 is 1.58 bits per heavy atom. The molecule has 0 spiro atoms. The van der Waals surface area contributed by atoms with Gasteiger partial charge in [-0.1, -0.05) is 19.1 Å². The van der Waals surface area contributed by atoms with Crippen LogP contribution < -0.4 is 5.73 Å². The van der Waals surface area contributed by atoms with E-state index < -0.39 is 0 Å². The number of nitrogens with zero attached hydrogens (tertiary/aromatic N) is 1. The van der Waals surface area contributed by atoms with Gasteiger partial charge < -0.3 is 10.6 Å². The molecule has 1 unspecified atom stereocenters. The van der Waals surface area contributed by atoms with Crippen molar-refractivity contribution in [2.75, 3.05) is 26.7 Å². The number of hydrogen-bond acceptors (Lipinski definition) is 2. The zero-order chi connectivity index (χ0) is 9.56. The van der Waals surface area contributed by atoms with Crippen LogP contribution in [0.5, 0.6) is 0 Å². The average Bonchev–Trinajstić information content (AvgIpc) is 1.99. The fourth-order valence-corrected chi connectivity index (χ4v) is 1.10. The second-order valence-electron chi connectivity index (χ2n) is 3.82. The first-order chi connectivity index (χ1) is 5.56. The molecule has 0 amide bonds. The van der Waals surface area contributed by atoms with E-state index in [2.05, 4.69) is 32.4 Å². The van der Waals surface area contributed by atoms with Gasteiger partial charge in [-0.05, 0) is 39.4 Å². The van der Waals surface area contributed by atoms with E-state index in [1.165, 1.54) is 12.0 Å². The highest BCUT2D eigenvalue weighted by atomic mass is 15.1. The zero-order valence-corrected chi connectivity index (χ0v) is 8.64. The Hall–Kier alpha value is -0.340. The van der Waals surface area contributed by atoms with Crippen molar-refractivity contribution in [1.82, 2.24) is 4.90 Å². The summed E-state index contributed by atoms with van der Waals surface area (Å²) < 4.78 is 0. The SMILES string of the molecule is C=C(C)CN(C)CCC(C)CN. The largest absolute Gasteiger partial charge is 0.330 e. The third kappa shape index (κ3) is 6.38. The monoisotopic (exact) mass is 170 g/mol. The van der Waals surface area contributed by atoms with Crippen LogP contribution >= 0.6 is 0 Å². The molecule has 0 aliphatic heterocycles. The van der Waals surface area contributed by atoms with Crippen molar-refractivity contribution >= 4 is 0 Å². The summed E-state index contributed by atoms with van der Waals surface area (Å²) in [4.78, 5) is 2.29. The molecule has 2 heteroatoms. The fourth-order valence-electron chi connectivity index (χ4n) is 1.10. The van der Waals surface area contributed by atoms with Gasteiger partial charge in [-0.3, -0.25) is 0 Å². The maximum Gasteiger partial charge on any atom is 0.0184 e. The molecule has 0 aromatic heterocycles. The molecule has 0 aliphatic rings. The van der Waals surface area contributed by atoms with E-state index in [0.717, 1.165) is 19.6 Å². The molecule has 1 atom stereocenters. The van der Waals surface area contributed by atoms with Crippen LogP contribution in [0, 0.1) is 5.92 Å². The topological polar surface area (TPSA) is 29.3 Å². The van der Waals surface area contributed by atoms with E-state index in [-0.39, 0.29) is 0 Å². The average molecular weight is 170 g/mol. The lowest BCUT2D eigenvalue weighted by atomic mass is 10.1. The molecule has 0 rings (SSSR count). The Morgan fingerprint density at radius 3 is 2.58 bits per heavy atom. The highest BCUT2D eigenvalue weighted by Crippen LogP contribution is 2.01. The van der Waals surface area contributed by atoms with Crippen LogP contribution in [0.15, 0.2) is 12.2 Å². The molecule has 0 aliphatic carbocycles. The van der Waals surface area contributed by atoms with E-state index in [9.17, 15) is 0 Å². The molecule has 0 bridgehead atoms. The summed E-state index contributed by atoms with van der Waals surface area (Å²) in [5.41, 5.74) is 6.74. The Balaban J connectivity index is 3.43. The first kappa shape index (κ1) is 11.7. The van der Waals surface area contributed by atoms with Crippen molar-refractivity contribution in [1.29, 1.82) is 0 Å². The molecule has 0 saturated heterocycles. The lowest BCUT2D eigenvalue weighted by molar-refractivity contribution is 0.329. The summed E-state index contributed by atoms with van der Waals surface area (Å²) in [5.74, 6) is 0.637. The minimum atomic E-state index is 0.637. The van der Waals surface area contributed by atoms with Crippen LogP contribution in [0.25, 0.3) is 0 Å². The van der Waals surface area contributed by atoms with Crippen molar-refractivity contribution in [3.63, 3.8) is 0 Å². The van der Waals surface area contributed by atoms with Crippen molar-refractivity contribution in [2.45, 2.75) is 20.3 Å². The molecule has 0 saturated carbocycles. The highest BCUT2D eigenvalue weighted by molar-refractivity contribution is 4.90. The van der Waals surface area contributed by atoms with E-state index in [1.54, 1.807) is 0 Å². The molecular weight excluding hydrogens is 148 g/mol. The van der Waals surface area contributed by atoms with Crippen molar-refractivity contribution in [2.24, 2.45) is 11.7 Å². The van der Waals surface area contributed by atoms with Crippen molar-refractivity contribution in [3.05, 3.63) is 12.2 Å². The lowest BCUT2D eigenvalue weighted by Crippen LogP contribution is -2.24. The second-order valence-corrected chi connectivity index (χ2v) is 3.82. The van der Waals surface area contributed by atoms with Gasteiger partial charge in [0.25, 0.3) is 0 Å². The lowest BCUT2D eigenvalue weighted by Gasteiger charge is -2.18. The first-order valence-corrected chi connectivity index (χ1v) is 4.59. The first-order valence-electron chi connectivity index (χ1n) is 4.59. The standard InChI is InChI=1S/C10H22N2/c1-9(2)8-12(4)6-5-10(3)7-11/h10H,1,5-8,11H2,2-4H3. The predicted octanol–water partition coefficient (Wildman–Crippen LogP) is 1.48. The molecule has 0 radical (unpaired) electrons. The number of likely N-dealkylation sites (N-methyl/N-ethyl adjacent to an activating group) is 1. The van der Waals surface area contributed by atoms with Gasteiger partial charge in [0.15, 0.2) is 0 Å². The van der Waals surface area contributed by atoms with Crippen LogP contribution in [0.1, 0.15) is 20.3 Å². The molecule has 2 N–H and O–H groups in total.